The van der Waals surface area contributed by atoms with E-state index < -0.39 is 23.5 Å². The Kier molecular flexibility index (Phi) is 5.94. The van der Waals surface area contributed by atoms with Crippen LogP contribution in [-0.4, -0.2) is 17.7 Å². The summed E-state index contributed by atoms with van der Waals surface area (Å²) in [5.74, 6) is -2.24. The molecule has 3 aromatic rings. The molecule has 0 saturated carbocycles. The molecule has 4 rings (SSSR count). The van der Waals surface area contributed by atoms with Crippen LogP contribution in [0.3, 0.4) is 0 Å². The fourth-order valence-electron chi connectivity index (χ4n) is 3.08. The highest BCUT2D eigenvalue weighted by atomic mass is 35.5. The normalized spacial score (nSPS) is 13.5. The summed E-state index contributed by atoms with van der Waals surface area (Å²) in [5, 5.41) is 5.40. The Balaban J connectivity index is 1.55. The minimum absolute atomic E-state index is 0.132. The summed E-state index contributed by atoms with van der Waals surface area (Å²) >= 11 is 12.3. The Bertz CT molecular complexity index is 1280. The number of anilines is 3. The van der Waals surface area contributed by atoms with Crippen LogP contribution in [-0.2, 0) is 9.59 Å². The maximum atomic E-state index is 13.0. The van der Waals surface area contributed by atoms with Gasteiger partial charge in [-0.3, -0.25) is 14.4 Å². The molecule has 160 valence electrons. The maximum Gasteiger partial charge on any atom is 0.283 e. The number of nitrogens with zero attached hydrogens (tertiary/aromatic N) is 1. The molecule has 2 N–H and O–H groups in total. The minimum Gasteiger partial charge on any atom is -0.350 e. The lowest BCUT2D eigenvalue weighted by atomic mass is 10.1. The van der Waals surface area contributed by atoms with E-state index in [0.717, 1.165) is 4.90 Å². The Labute approximate surface area is 192 Å². The largest absolute Gasteiger partial charge is 0.350 e. The molecule has 0 bridgehead atoms. The van der Waals surface area contributed by atoms with Gasteiger partial charge >= 0.3 is 0 Å². The number of hydrogen-bond acceptors (Lipinski definition) is 4. The van der Waals surface area contributed by atoms with E-state index in [1.165, 1.54) is 36.4 Å². The van der Waals surface area contributed by atoms with Gasteiger partial charge in [-0.15, -0.1) is 0 Å². The number of benzene rings is 3. The topological polar surface area (TPSA) is 78.5 Å². The van der Waals surface area contributed by atoms with Gasteiger partial charge in [0.1, 0.15) is 16.5 Å². The molecule has 0 atom stereocenters. The zero-order valence-corrected chi connectivity index (χ0v) is 17.7. The lowest BCUT2D eigenvalue weighted by Crippen LogP contribution is -2.32. The zero-order valence-electron chi connectivity index (χ0n) is 16.2. The van der Waals surface area contributed by atoms with Gasteiger partial charge in [-0.05, 0) is 54.6 Å². The molecule has 1 aliphatic rings. The number of amides is 3. The number of para-hydroxylation sites is 1. The Hall–Kier alpha value is -3.68. The van der Waals surface area contributed by atoms with E-state index >= 15 is 0 Å². The van der Waals surface area contributed by atoms with Gasteiger partial charge in [-0.25, -0.2) is 9.29 Å². The van der Waals surface area contributed by atoms with Crippen LogP contribution >= 0.6 is 23.2 Å². The lowest BCUT2D eigenvalue weighted by molar-refractivity contribution is -0.120. The predicted octanol–water partition coefficient (Wildman–Crippen LogP) is 5.17. The van der Waals surface area contributed by atoms with Gasteiger partial charge in [0, 0.05) is 16.9 Å². The van der Waals surface area contributed by atoms with Crippen molar-refractivity contribution in [2.24, 2.45) is 0 Å². The third-order valence-corrected chi connectivity index (χ3v) is 5.29. The molecule has 0 aromatic heterocycles. The van der Waals surface area contributed by atoms with Gasteiger partial charge in [-0.1, -0.05) is 41.4 Å². The molecule has 0 saturated heterocycles. The molecule has 0 aliphatic carbocycles. The highest BCUT2D eigenvalue weighted by Crippen LogP contribution is 2.34. The first-order valence-corrected chi connectivity index (χ1v) is 10.1. The third kappa shape index (κ3) is 4.21. The lowest BCUT2D eigenvalue weighted by Gasteiger charge is -2.16. The quantitative estimate of drug-likeness (QED) is 0.505. The van der Waals surface area contributed by atoms with Crippen molar-refractivity contribution >= 4 is 58.0 Å². The van der Waals surface area contributed by atoms with Gasteiger partial charge in [0.15, 0.2) is 0 Å². The highest BCUT2D eigenvalue weighted by Gasteiger charge is 2.39. The second-order valence-corrected chi connectivity index (χ2v) is 7.54. The molecular formula is C23H14Cl2FN3O3. The summed E-state index contributed by atoms with van der Waals surface area (Å²) in [6.45, 7) is 0. The number of rotatable bonds is 5. The standard InChI is InChI=1S/C23H14Cl2FN3O3/c24-17-6-1-2-7-18(17)29-22(31)19(25)20(23(29)32)27-16-5-3-4-13(12-16)21(30)28-15-10-8-14(26)9-11-15/h1-12,27H,(H,28,30). The van der Waals surface area contributed by atoms with Crippen molar-refractivity contribution in [1.29, 1.82) is 0 Å². The molecule has 3 amide bonds. The number of halogens is 3. The van der Waals surface area contributed by atoms with Crippen molar-refractivity contribution < 1.29 is 18.8 Å². The minimum atomic E-state index is -0.711. The van der Waals surface area contributed by atoms with E-state index in [0.29, 0.717) is 11.4 Å². The second kappa shape index (κ2) is 8.82. The van der Waals surface area contributed by atoms with E-state index in [9.17, 15) is 18.8 Å². The number of carbonyl (C=O) groups excluding carboxylic acids is 3. The molecule has 6 nitrogen and oxygen atoms in total. The van der Waals surface area contributed by atoms with Crippen LogP contribution in [0.15, 0.2) is 83.5 Å². The first kappa shape index (κ1) is 21.5. The van der Waals surface area contributed by atoms with Crippen LogP contribution in [0.5, 0.6) is 0 Å². The number of nitrogens with one attached hydrogen (secondary N) is 2. The molecule has 32 heavy (non-hydrogen) atoms. The average Bonchev–Trinajstić information content (AvgIpc) is 2.99. The van der Waals surface area contributed by atoms with E-state index in [4.69, 9.17) is 23.2 Å². The summed E-state index contributed by atoms with van der Waals surface area (Å²) in [4.78, 5) is 38.9. The number of imide groups is 1. The van der Waals surface area contributed by atoms with Crippen LogP contribution in [0.1, 0.15) is 10.4 Å². The Morgan fingerprint density at radius 2 is 1.56 bits per heavy atom. The summed E-state index contributed by atoms with van der Waals surface area (Å²) in [6, 6.07) is 18.0. The van der Waals surface area contributed by atoms with Crippen molar-refractivity contribution in [2.45, 2.75) is 0 Å². The fraction of sp³-hybridized carbons (Fsp3) is 0. The number of carbonyl (C=O) groups is 3. The van der Waals surface area contributed by atoms with Crippen LogP contribution in [0, 0.1) is 5.82 Å². The molecule has 9 heteroatoms. The van der Waals surface area contributed by atoms with Gasteiger partial charge in [0.05, 0.1) is 10.7 Å². The van der Waals surface area contributed by atoms with Crippen LogP contribution in [0.2, 0.25) is 5.02 Å². The van der Waals surface area contributed by atoms with E-state index in [-0.39, 0.29) is 27.0 Å². The smallest absolute Gasteiger partial charge is 0.283 e. The van der Waals surface area contributed by atoms with E-state index in [1.807, 2.05) is 0 Å². The van der Waals surface area contributed by atoms with Gasteiger partial charge in [0.25, 0.3) is 17.7 Å². The van der Waals surface area contributed by atoms with Crippen LogP contribution in [0.4, 0.5) is 21.5 Å². The number of hydrogen-bond donors (Lipinski definition) is 2. The van der Waals surface area contributed by atoms with Crippen LogP contribution < -0.4 is 15.5 Å². The van der Waals surface area contributed by atoms with Crippen molar-refractivity contribution in [3.8, 4) is 0 Å². The molecule has 3 aromatic carbocycles. The predicted molar refractivity (Wildman–Crippen MR) is 121 cm³/mol. The maximum absolute atomic E-state index is 13.0. The third-order valence-electron chi connectivity index (χ3n) is 4.62. The van der Waals surface area contributed by atoms with E-state index in [2.05, 4.69) is 10.6 Å². The van der Waals surface area contributed by atoms with Crippen molar-refractivity contribution in [2.75, 3.05) is 15.5 Å². The fourth-order valence-corrected chi connectivity index (χ4v) is 3.52. The molecule has 1 heterocycles. The Morgan fingerprint density at radius 3 is 2.28 bits per heavy atom. The summed E-state index contributed by atoms with van der Waals surface area (Å²) in [6.07, 6.45) is 0. The molecular weight excluding hydrogens is 456 g/mol. The zero-order chi connectivity index (χ0) is 22.8. The summed E-state index contributed by atoms with van der Waals surface area (Å²) < 4.78 is 13.0. The molecule has 0 spiro atoms. The highest BCUT2D eigenvalue weighted by molar-refractivity contribution is 6.53. The first-order chi connectivity index (χ1) is 15.3. The monoisotopic (exact) mass is 469 g/mol. The SMILES string of the molecule is O=C(Nc1ccc(F)cc1)c1cccc(NC2=C(Cl)C(=O)N(c3ccccc3Cl)C2=O)c1. The second-order valence-electron chi connectivity index (χ2n) is 6.75. The van der Waals surface area contributed by atoms with Crippen molar-refractivity contribution in [1.82, 2.24) is 0 Å². The van der Waals surface area contributed by atoms with Crippen molar-refractivity contribution in [3.63, 3.8) is 0 Å². The van der Waals surface area contributed by atoms with Gasteiger partial charge in [-0.2, -0.15) is 0 Å². The molecule has 1 aliphatic heterocycles. The summed E-state index contributed by atoms with van der Waals surface area (Å²) in [7, 11) is 0. The first-order valence-electron chi connectivity index (χ1n) is 9.32. The van der Waals surface area contributed by atoms with E-state index in [1.54, 1.807) is 36.4 Å². The summed E-state index contributed by atoms with van der Waals surface area (Å²) in [5.41, 5.74) is 1.15. The van der Waals surface area contributed by atoms with Gasteiger partial charge in [0.2, 0.25) is 0 Å². The average molecular weight is 470 g/mol. The molecule has 0 unspecified atom stereocenters. The Morgan fingerprint density at radius 1 is 0.844 bits per heavy atom. The van der Waals surface area contributed by atoms with Crippen molar-refractivity contribution in [3.05, 3.63) is 99.9 Å². The van der Waals surface area contributed by atoms with Gasteiger partial charge < -0.3 is 10.6 Å². The van der Waals surface area contributed by atoms with Crippen LogP contribution in [0.25, 0.3) is 0 Å². The molecule has 0 fully saturated rings. The molecule has 0 radical (unpaired) electrons.